The zero-order chi connectivity index (χ0) is 29.1. The Morgan fingerprint density at radius 2 is 1.73 bits per heavy atom. The summed E-state index contributed by atoms with van der Waals surface area (Å²) in [4.78, 5) is 23.3. The summed E-state index contributed by atoms with van der Waals surface area (Å²) >= 11 is 0. The number of unbranched alkanes of at least 4 members (excludes halogenated alkanes) is 1. The van der Waals surface area contributed by atoms with E-state index in [0.717, 1.165) is 16.3 Å². The van der Waals surface area contributed by atoms with Crippen LogP contribution in [0.4, 0.5) is 4.79 Å². The van der Waals surface area contributed by atoms with E-state index in [2.05, 4.69) is 17.4 Å². The second-order valence-electron chi connectivity index (χ2n) is 10.1. The molecule has 0 saturated carbocycles. The van der Waals surface area contributed by atoms with Crippen molar-refractivity contribution in [1.82, 2.24) is 9.62 Å². The average molecular weight is 569 g/mol. The van der Waals surface area contributed by atoms with E-state index in [1.807, 2.05) is 44.2 Å². The number of rotatable bonds is 15. The van der Waals surface area contributed by atoms with E-state index >= 15 is 0 Å². The normalized spacial score (nSPS) is 12.5. The molecule has 10 heteroatoms. The van der Waals surface area contributed by atoms with Gasteiger partial charge in [-0.1, -0.05) is 62.7 Å². The molecule has 1 radical (unpaired) electrons. The first-order chi connectivity index (χ1) is 19.1. The van der Waals surface area contributed by atoms with Crippen LogP contribution in [0.3, 0.4) is 0 Å². The number of hydrogen-bond acceptors (Lipinski definition) is 6. The Bertz CT molecular complexity index is 1380. The number of primary amides is 1. The maximum Gasteiger partial charge on any atom is 0.409 e. The maximum atomic E-state index is 13.5. The van der Waals surface area contributed by atoms with Crippen molar-refractivity contribution in [2.75, 3.05) is 19.7 Å². The first-order valence-electron chi connectivity index (χ1n) is 13.4. The number of carbonyl (C=O) groups excluding carboxylic acids is 2. The number of nitrogens with two attached hydrogens (primary N) is 1. The molecule has 1 atom stereocenters. The topological polar surface area (TPSA) is 139 Å². The fraction of sp³-hybridized carbons (Fsp3) is 0.367. The van der Waals surface area contributed by atoms with Gasteiger partial charge < -0.3 is 20.9 Å². The van der Waals surface area contributed by atoms with Crippen LogP contribution in [0.25, 0.3) is 10.8 Å². The van der Waals surface area contributed by atoms with E-state index in [1.165, 1.54) is 28.6 Å². The maximum absolute atomic E-state index is 13.5. The third kappa shape index (κ3) is 9.04. The molecule has 0 saturated heterocycles. The molecule has 0 aliphatic heterocycles. The highest BCUT2D eigenvalue weighted by molar-refractivity contribution is 7.89. The number of ether oxygens (including phenoxy) is 1. The van der Waals surface area contributed by atoms with Gasteiger partial charge in [-0.15, -0.1) is 0 Å². The summed E-state index contributed by atoms with van der Waals surface area (Å²) in [6.45, 7) is 4.16. The van der Waals surface area contributed by atoms with Crippen LogP contribution in [0.15, 0.2) is 71.6 Å². The molecule has 1 unspecified atom stereocenters. The molecule has 9 nitrogen and oxygen atoms in total. The summed E-state index contributed by atoms with van der Waals surface area (Å²) in [7, 11) is -3.93. The summed E-state index contributed by atoms with van der Waals surface area (Å²) in [6.07, 6.45) is 2.85. The van der Waals surface area contributed by atoms with Gasteiger partial charge in [0, 0.05) is 19.1 Å². The fourth-order valence-electron chi connectivity index (χ4n) is 4.43. The molecule has 4 N–H and O–H groups in total. The molecule has 0 heterocycles. The number of hydrogen-bond donors (Lipinski definition) is 3. The van der Waals surface area contributed by atoms with Crippen LogP contribution in [0.5, 0.6) is 5.75 Å². The van der Waals surface area contributed by atoms with E-state index in [0.29, 0.717) is 32.2 Å². The lowest BCUT2D eigenvalue weighted by atomic mass is 10.0. The highest BCUT2D eigenvalue weighted by Crippen LogP contribution is 2.24. The van der Waals surface area contributed by atoms with Crippen LogP contribution in [-0.2, 0) is 21.2 Å². The van der Waals surface area contributed by atoms with Gasteiger partial charge in [0.15, 0.2) is 0 Å². The third-order valence-corrected chi connectivity index (χ3v) is 8.34. The van der Waals surface area contributed by atoms with Crippen molar-refractivity contribution in [3.05, 3.63) is 78.7 Å². The SMILES string of the molecule is CC(C)CN(C(CO)CCCCNC(=O)[CH]Cc1ccc2ccccc2c1)S(=O)(=O)c1ccc(OC(N)=O)cc1. The molecular weight excluding hydrogens is 530 g/mol. The first kappa shape index (κ1) is 31.1. The number of benzene rings is 3. The number of nitrogens with zero attached hydrogens (tertiary/aromatic N) is 1. The lowest BCUT2D eigenvalue weighted by Crippen LogP contribution is -2.44. The van der Waals surface area contributed by atoms with Crippen LogP contribution in [0.1, 0.15) is 38.7 Å². The van der Waals surface area contributed by atoms with E-state index < -0.39 is 22.2 Å². The van der Waals surface area contributed by atoms with Crippen molar-refractivity contribution in [3.8, 4) is 5.75 Å². The van der Waals surface area contributed by atoms with Crippen LogP contribution in [0.2, 0.25) is 0 Å². The predicted octanol–water partition coefficient (Wildman–Crippen LogP) is 4.04. The minimum atomic E-state index is -3.93. The van der Waals surface area contributed by atoms with Gasteiger partial charge in [-0.2, -0.15) is 4.31 Å². The van der Waals surface area contributed by atoms with Gasteiger partial charge in [0.1, 0.15) is 5.75 Å². The minimum Gasteiger partial charge on any atom is -0.411 e. The summed E-state index contributed by atoms with van der Waals surface area (Å²) in [5.74, 6) is 0.00971. The van der Waals surface area contributed by atoms with Crippen LogP contribution in [-0.4, -0.2) is 55.6 Å². The van der Waals surface area contributed by atoms with Crippen molar-refractivity contribution < 1.29 is 27.9 Å². The first-order valence-corrected chi connectivity index (χ1v) is 14.8. The van der Waals surface area contributed by atoms with E-state index in [1.54, 1.807) is 6.42 Å². The number of sulfonamides is 1. The Balaban J connectivity index is 1.50. The lowest BCUT2D eigenvalue weighted by molar-refractivity contribution is -0.117. The number of aliphatic hydroxyl groups excluding tert-OH is 1. The van der Waals surface area contributed by atoms with Crippen LogP contribution >= 0.6 is 0 Å². The predicted molar refractivity (Wildman–Crippen MR) is 155 cm³/mol. The highest BCUT2D eigenvalue weighted by Gasteiger charge is 2.31. The van der Waals surface area contributed by atoms with E-state index in [4.69, 9.17) is 10.5 Å². The summed E-state index contributed by atoms with van der Waals surface area (Å²) in [5.41, 5.74) is 6.07. The molecule has 3 aromatic carbocycles. The Morgan fingerprint density at radius 3 is 2.38 bits per heavy atom. The van der Waals surface area contributed by atoms with Gasteiger partial charge in [-0.05, 0) is 65.8 Å². The molecule has 2 amide bonds. The van der Waals surface area contributed by atoms with Gasteiger partial charge >= 0.3 is 6.09 Å². The largest absolute Gasteiger partial charge is 0.411 e. The number of aliphatic hydroxyl groups is 1. The fourth-order valence-corrected chi connectivity index (χ4v) is 6.24. The Morgan fingerprint density at radius 1 is 1.02 bits per heavy atom. The summed E-state index contributed by atoms with van der Waals surface area (Å²) in [6, 6.07) is 19.0. The van der Waals surface area contributed by atoms with Gasteiger partial charge in [0.25, 0.3) is 0 Å². The van der Waals surface area contributed by atoms with E-state index in [-0.39, 0.29) is 35.6 Å². The van der Waals surface area contributed by atoms with Gasteiger partial charge in [-0.25, -0.2) is 13.2 Å². The molecule has 215 valence electrons. The second-order valence-corrected chi connectivity index (χ2v) is 12.0. The van der Waals surface area contributed by atoms with Gasteiger partial charge in [0.05, 0.1) is 17.9 Å². The van der Waals surface area contributed by atoms with Gasteiger partial charge in [-0.3, -0.25) is 4.79 Å². The number of fused-ring (bicyclic) bond motifs is 1. The molecule has 0 bridgehead atoms. The zero-order valence-corrected chi connectivity index (χ0v) is 23.8. The van der Waals surface area contributed by atoms with Crippen molar-refractivity contribution >= 4 is 32.8 Å². The molecule has 0 aliphatic rings. The van der Waals surface area contributed by atoms with Crippen LogP contribution < -0.4 is 15.8 Å². The third-order valence-electron chi connectivity index (χ3n) is 6.41. The number of carbonyl (C=O) groups is 2. The quantitative estimate of drug-likeness (QED) is 0.237. The molecule has 3 aromatic rings. The Hall–Kier alpha value is -3.47. The van der Waals surface area contributed by atoms with Crippen molar-refractivity contribution in [2.45, 2.75) is 50.5 Å². The van der Waals surface area contributed by atoms with Crippen molar-refractivity contribution in [2.24, 2.45) is 11.7 Å². The average Bonchev–Trinajstić information content (AvgIpc) is 2.92. The van der Waals surface area contributed by atoms with E-state index in [9.17, 15) is 23.1 Å². The van der Waals surface area contributed by atoms with Gasteiger partial charge in [0.2, 0.25) is 15.9 Å². The minimum absolute atomic E-state index is 0.0256. The van der Waals surface area contributed by atoms with Crippen molar-refractivity contribution in [1.29, 1.82) is 0 Å². The standard InChI is InChI=1S/C30H38N3O6S/c1-22(2)20-33(40(37,38)28-15-13-27(14-16-28)39-30(31)36)26(21-34)9-5-6-18-32-29(35)17-11-23-10-12-24-7-3-4-8-25(24)19-23/h3-4,7-8,10,12-17,19,22,26,34H,5-6,9,11,18,20-21H2,1-2H3,(H2,31,36)(H,32,35). The van der Waals surface area contributed by atoms with Crippen molar-refractivity contribution in [3.63, 3.8) is 0 Å². The molecular formula is C30H38N3O6S. The Kier molecular flexibility index (Phi) is 11.5. The highest BCUT2D eigenvalue weighted by atomic mass is 32.2. The molecule has 0 aliphatic carbocycles. The molecule has 3 rings (SSSR count). The number of amides is 2. The second kappa shape index (κ2) is 14.8. The summed E-state index contributed by atoms with van der Waals surface area (Å²) in [5, 5.41) is 15.3. The smallest absolute Gasteiger partial charge is 0.409 e. The monoisotopic (exact) mass is 568 g/mol. The lowest BCUT2D eigenvalue weighted by Gasteiger charge is -2.31. The molecule has 0 spiro atoms. The zero-order valence-electron chi connectivity index (χ0n) is 23.0. The molecule has 0 fully saturated rings. The summed E-state index contributed by atoms with van der Waals surface area (Å²) < 4.78 is 33.0. The molecule has 0 aromatic heterocycles. The molecule has 40 heavy (non-hydrogen) atoms. The Labute approximate surface area is 236 Å². The number of nitrogens with one attached hydrogen (secondary N) is 1. The van der Waals surface area contributed by atoms with Crippen LogP contribution in [0, 0.1) is 12.3 Å².